The predicted octanol–water partition coefficient (Wildman–Crippen LogP) is 2.64. The zero-order valence-corrected chi connectivity index (χ0v) is 11.1. The summed E-state index contributed by atoms with van der Waals surface area (Å²) >= 11 is 0. The molecule has 2 atom stereocenters. The van der Waals surface area contributed by atoms with Crippen molar-refractivity contribution in [3.63, 3.8) is 0 Å². The van der Waals surface area contributed by atoms with Crippen LogP contribution in [0.5, 0.6) is 0 Å². The maximum absolute atomic E-state index is 9.29. The fourth-order valence-electron chi connectivity index (χ4n) is 2.43. The monoisotopic (exact) mass is 244 g/mol. The van der Waals surface area contributed by atoms with Gasteiger partial charge in [0.05, 0.1) is 12.2 Å². The van der Waals surface area contributed by atoms with Crippen LogP contribution in [0, 0.1) is 25.2 Å². The average Bonchev–Trinajstić information content (AvgIpc) is 2.85. The maximum atomic E-state index is 9.29. The van der Waals surface area contributed by atoms with Crippen LogP contribution in [0.2, 0.25) is 0 Å². The van der Waals surface area contributed by atoms with E-state index in [4.69, 9.17) is 4.74 Å². The van der Waals surface area contributed by atoms with Crippen molar-refractivity contribution in [2.45, 2.75) is 38.8 Å². The molecule has 96 valence electrons. The Morgan fingerprint density at radius 3 is 2.94 bits per heavy atom. The van der Waals surface area contributed by atoms with Crippen LogP contribution in [-0.4, -0.2) is 19.3 Å². The van der Waals surface area contributed by atoms with Crippen molar-refractivity contribution in [2.75, 3.05) is 13.2 Å². The second-order valence-corrected chi connectivity index (χ2v) is 4.97. The van der Waals surface area contributed by atoms with Gasteiger partial charge in [0.1, 0.15) is 6.04 Å². The van der Waals surface area contributed by atoms with Gasteiger partial charge >= 0.3 is 0 Å². The number of aryl methyl sites for hydroxylation is 2. The SMILES string of the molecule is Cc1ccc(C(C#N)NCC2CCCO2)c(C)c1. The molecule has 1 aromatic rings. The molecule has 1 aliphatic heterocycles. The second-order valence-electron chi connectivity index (χ2n) is 4.97. The molecular weight excluding hydrogens is 224 g/mol. The minimum atomic E-state index is -0.241. The Labute approximate surface area is 109 Å². The fraction of sp³-hybridized carbons (Fsp3) is 0.533. The average molecular weight is 244 g/mol. The third kappa shape index (κ3) is 3.10. The molecule has 1 fully saturated rings. The first kappa shape index (κ1) is 13.1. The topological polar surface area (TPSA) is 45.0 Å². The molecule has 18 heavy (non-hydrogen) atoms. The molecule has 0 amide bonds. The van der Waals surface area contributed by atoms with Crippen molar-refractivity contribution >= 4 is 0 Å². The second kappa shape index (κ2) is 5.99. The van der Waals surface area contributed by atoms with E-state index in [1.165, 1.54) is 11.1 Å². The first-order valence-electron chi connectivity index (χ1n) is 6.52. The van der Waals surface area contributed by atoms with E-state index in [9.17, 15) is 5.26 Å². The summed E-state index contributed by atoms with van der Waals surface area (Å²) in [4.78, 5) is 0. The normalized spacial score (nSPS) is 20.6. The summed E-state index contributed by atoms with van der Waals surface area (Å²) in [5.74, 6) is 0. The highest BCUT2D eigenvalue weighted by atomic mass is 16.5. The van der Waals surface area contributed by atoms with Gasteiger partial charge in [-0.15, -0.1) is 0 Å². The lowest BCUT2D eigenvalue weighted by atomic mass is 10.00. The highest BCUT2D eigenvalue weighted by molar-refractivity contribution is 5.35. The van der Waals surface area contributed by atoms with Gasteiger partial charge in [0.15, 0.2) is 0 Å². The summed E-state index contributed by atoms with van der Waals surface area (Å²) in [5.41, 5.74) is 3.47. The van der Waals surface area contributed by atoms with Crippen molar-refractivity contribution < 1.29 is 4.74 Å². The highest BCUT2D eigenvalue weighted by Gasteiger charge is 2.18. The van der Waals surface area contributed by atoms with Gasteiger partial charge in [0.25, 0.3) is 0 Å². The Bertz CT molecular complexity index is 444. The Balaban J connectivity index is 2.01. The molecule has 2 rings (SSSR count). The van der Waals surface area contributed by atoms with E-state index in [2.05, 4.69) is 37.4 Å². The van der Waals surface area contributed by atoms with Crippen LogP contribution in [0.3, 0.4) is 0 Å². The molecule has 1 N–H and O–H groups in total. The van der Waals surface area contributed by atoms with Gasteiger partial charge in [-0.1, -0.05) is 23.8 Å². The lowest BCUT2D eigenvalue weighted by molar-refractivity contribution is 0.109. The third-order valence-corrected chi connectivity index (χ3v) is 3.44. The number of nitriles is 1. The van der Waals surface area contributed by atoms with E-state index in [-0.39, 0.29) is 12.1 Å². The molecule has 1 saturated heterocycles. The summed E-state index contributed by atoms with van der Waals surface area (Å²) in [6, 6.07) is 8.31. The van der Waals surface area contributed by atoms with E-state index in [0.29, 0.717) is 0 Å². The van der Waals surface area contributed by atoms with E-state index < -0.39 is 0 Å². The molecule has 1 aliphatic rings. The van der Waals surface area contributed by atoms with Crippen molar-refractivity contribution in [1.29, 1.82) is 5.26 Å². The summed E-state index contributed by atoms with van der Waals surface area (Å²) in [6.07, 6.45) is 2.50. The van der Waals surface area contributed by atoms with Gasteiger partial charge in [-0.3, -0.25) is 5.32 Å². The predicted molar refractivity (Wildman–Crippen MR) is 71.2 cm³/mol. The van der Waals surface area contributed by atoms with Gasteiger partial charge in [-0.25, -0.2) is 0 Å². The quantitative estimate of drug-likeness (QED) is 0.885. The first-order valence-corrected chi connectivity index (χ1v) is 6.52. The van der Waals surface area contributed by atoms with Crippen LogP contribution in [0.4, 0.5) is 0 Å². The van der Waals surface area contributed by atoms with Crippen LogP contribution in [0.25, 0.3) is 0 Å². The molecular formula is C15H20N2O. The Morgan fingerprint density at radius 1 is 1.50 bits per heavy atom. The molecule has 0 aromatic heterocycles. The first-order chi connectivity index (χ1) is 8.70. The largest absolute Gasteiger partial charge is 0.377 e. The number of nitrogens with zero attached hydrogens (tertiary/aromatic N) is 1. The highest BCUT2D eigenvalue weighted by Crippen LogP contribution is 2.19. The molecule has 0 spiro atoms. The Morgan fingerprint density at radius 2 is 2.33 bits per heavy atom. The summed E-state index contributed by atoms with van der Waals surface area (Å²) in [6.45, 7) is 5.73. The van der Waals surface area contributed by atoms with Crippen LogP contribution in [-0.2, 0) is 4.74 Å². The van der Waals surface area contributed by atoms with Gasteiger partial charge in [-0.2, -0.15) is 5.26 Å². The van der Waals surface area contributed by atoms with Gasteiger partial charge in [0.2, 0.25) is 0 Å². The van der Waals surface area contributed by atoms with Gasteiger partial charge in [0, 0.05) is 13.2 Å². The smallest absolute Gasteiger partial charge is 0.121 e. The molecule has 0 radical (unpaired) electrons. The summed E-state index contributed by atoms with van der Waals surface area (Å²) < 4.78 is 5.56. The lowest BCUT2D eigenvalue weighted by Gasteiger charge is -2.17. The lowest BCUT2D eigenvalue weighted by Crippen LogP contribution is -2.29. The van der Waals surface area contributed by atoms with Crippen molar-refractivity contribution in [2.24, 2.45) is 0 Å². The molecule has 0 saturated carbocycles. The molecule has 2 unspecified atom stereocenters. The molecule has 0 aliphatic carbocycles. The molecule has 0 bridgehead atoms. The number of ether oxygens (including phenoxy) is 1. The van der Waals surface area contributed by atoms with E-state index in [0.717, 1.165) is 31.6 Å². The Kier molecular flexibility index (Phi) is 4.35. The van der Waals surface area contributed by atoms with E-state index >= 15 is 0 Å². The minimum absolute atomic E-state index is 0.241. The van der Waals surface area contributed by atoms with Crippen molar-refractivity contribution in [1.82, 2.24) is 5.32 Å². The molecule has 3 nitrogen and oxygen atoms in total. The van der Waals surface area contributed by atoms with Gasteiger partial charge in [-0.05, 0) is 37.8 Å². The number of hydrogen-bond acceptors (Lipinski definition) is 3. The zero-order valence-electron chi connectivity index (χ0n) is 11.1. The molecule has 1 aromatic carbocycles. The number of rotatable bonds is 4. The summed E-state index contributed by atoms with van der Waals surface area (Å²) in [5, 5.41) is 12.6. The van der Waals surface area contributed by atoms with Crippen LogP contribution >= 0.6 is 0 Å². The Hall–Kier alpha value is -1.37. The molecule has 3 heteroatoms. The zero-order chi connectivity index (χ0) is 13.0. The summed E-state index contributed by atoms with van der Waals surface area (Å²) in [7, 11) is 0. The number of hydrogen-bond donors (Lipinski definition) is 1. The third-order valence-electron chi connectivity index (χ3n) is 3.44. The number of nitrogens with one attached hydrogen (secondary N) is 1. The van der Waals surface area contributed by atoms with Crippen molar-refractivity contribution in [3.05, 3.63) is 34.9 Å². The molecule has 1 heterocycles. The van der Waals surface area contributed by atoms with E-state index in [1.54, 1.807) is 0 Å². The fourth-order valence-corrected chi connectivity index (χ4v) is 2.43. The van der Waals surface area contributed by atoms with Crippen LogP contribution in [0.1, 0.15) is 35.6 Å². The maximum Gasteiger partial charge on any atom is 0.121 e. The minimum Gasteiger partial charge on any atom is -0.377 e. The van der Waals surface area contributed by atoms with Crippen LogP contribution in [0.15, 0.2) is 18.2 Å². The van der Waals surface area contributed by atoms with Gasteiger partial charge < -0.3 is 4.74 Å². The standard InChI is InChI=1S/C15H20N2O/c1-11-5-6-14(12(2)8-11)15(9-16)17-10-13-4-3-7-18-13/h5-6,8,13,15,17H,3-4,7,10H2,1-2H3. The van der Waals surface area contributed by atoms with Crippen LogP contribution < -0.4 is 5.32 Å². The van der Waals surface area contributed by atoms with Crippen molar-refractivity contribution in [3.8, 4) is 6.07 Å². The number of benzene rings is 1. The van der Waals surface area contributed by atoms with E-state index in [1.807, 2.05) is 6.07 Å².